The summed E-state index contributed by atoms with van der Waals surface area (Å²) in [7, 11) is 0. The molecule has 1 aromatic carbocycles. The minimum atomic E-state index is -0.141. The molecule has 0 aliphatic heterocycles. The first-order chi connectivity index (χ1) is 9.06. The number of anilines is 1. The number of hydrogen-bond donors (Lipinski definition) is 2. The third kappa shape index (κ3) is 3.68. The first kappa shape index (κ1) is 13.8. The zero-order valence-electron chi connectivity index (χ0n) is 10.4. The van der Waals surface area contributed by atoms with Gasteiger partial charge in [0.2, 0.25) is 5.91 Å². The maximum Gasteiger partial charge on any atom is 0.226 e. The van der Waals surface area contributed by atoms with Gasteiger partial charge >= 0.3 is 0 Å². The molecule has 0 saturated carbocycles. The van der Waals surface area contributed by atoms with Crippen LogP contribution in [0, 0.1) is 0 Å². The monoisotopic (exact) mass is 295 g/mol. The summed E-state index contributed by atoms with van der Waals surface area (Å²) < 4.78 is 0. The van der Waals surface area contributed by atoms with Crippen LogP contribution in [0.2, 0.25) is 5.02 Å². The smallest absolute Gasteiger partial charge is 0.226 e. The normalized spacial score (nSPS) is 12.1. The average Bonchev–Trinajstić information content (AvgIpc) is 2.74. The lowest BCUT2D eigenvalue weighted by molar-refractivity contribution is -0.121. The van der Waals surface area contributed by atoms with E-state index in [1.54, 1.807) is 11.4 Å². The van der Waals surface area contributed by atoms with Crippen molar-refractivity contribution in [3.8, 4) is 0 Å². The van der Waals surface area contributed by atoms with Gasteiger partial charge in [-0.05, 0) is 18.6 Å². The summed E-state index contributed by atoms with van der Waals surface area (Å²) in [5.74, 6) is -0.0993. The van der Waals surface area contributed by atoms with E-state index in [1.165, 1.54) is 11.3 Å². The zero-order chi connectivity index (χ0) is 13.8. The van der Waals surface area contributed by atoms with Crippen molar-refractivity contribution in [2.45, 2.75) is 19.4 Å². The summed E-state index contributed by atoms with van der Waals surface area (Å²) >= 11 is 7.42. The lowest BCUT2D eigenvalue weighted by Crippen LogP contribution is -2.28. The number of rotatable bonds is 4. The number of carbonyl (C=O) groups is 1. The molecule has 0 fully saturated rings. The number of carbonyl (C=O) groups excluding carboxylic acids is 1. The SMILES string of the molecule is CC(NC(=O)Cc1csc(N)n1)c1ccccc1Cl. The van der Waals surface area contributed by atoms with Crippen LogP contribution in [0.25, 0.3) is 0 Å². The van der Waals surface area contributed by atoms with Crippen LogP contribution in [0.1, 0.15) is 24.2 Å². The molecule has 0 aliphatic carbocycles. The number of benzene rings is 1. The van der Waals surface area contributed by atoms with E-state index in [0.29, 0.717) is 15.8 Å². The number of thiazole rings is 1. The molecule has 1 amide bonds. The zero-order valence-corrected chi connectivity index (χ0v) is 12.0. The number of hydrogen-bond acceptors (Lipinski definition) is 4. The van der Waals surface area contributed by atoms with Gasteiger partial charge in [0.25, 0.3) is 0 Å². The molecule has 0 aliphatic rings. The van der Waals surface area contributed by atoms with Gasteiger partial charge in [-0.3, -0.25) is 4.79 Å². The van der Waals surface area contributed by atoms with Crippen LogP contribution in [0.15, 0.2) is 29.6 Å². The quantitative estimate of drug-likeness (QED) is 0.911. The van der Waals surface area contributed by atoms with Gasteiger partial charge in [-0.1, -0.05) is 29.8 Å². The lowest BCUT2D eigenvalue weighted by atomic mass is 10.1. The van der Waals surface area contributed by atoms with Gasteiger partial charge in [-0.25, -0.2) is 4.98 Å². The Morgan fingerprint density at radius 2 is 2.26 bits per heavy atom. The maximum absolute atomic E-state index is 11.9. The predicted molar refractivity (Wildman–Crippen MR) is 78.2 cm³/mol. The van der Waals surface area contributed by atoms with Crippen LogP contribution in [0.4, 0.5) is 5.13 Å². The molecule has 0 saturated heterocycles. The van der Waals surface area contributed by atoms with Gasteiger partial charge in [0.05, 0.1) is 18.2 Å². The highest BCUT2D eigenvalue weighted by Crippen LogP contribution is 2.22. The highest BCUT2D eigenvalue weighted by Gasteiger charge is 2.13. The van der Waals surface area contributed by atoms with E-state index in [2.05, 4.69) is 10.3 Å². The van der Waals surface area contributed by atoms with Gasteiger partial charge in [0, 0.05) is 10.4 Å². The first-order valence-electron chi connectivity index (χ1n) is 5.80. The number of nitrogens with two attached hydrogens (primary N) is 1. The highest BCUT2D eigenvalue weighted by atomic mass is 35.5. The molecule has 3 N–H and O–H groups in total. The van der Waals surface area contributed by atoms with Crippen molar-refractivity contribution in [1.29, 1.82) is 0 Å². The molecule has 0 bridgehead atoms. The number of amides is 1. The summed E-state index contributed by atoms with van der Waals surface area (Å²) in [6.07, 6.45) is 0.225. The summed E-state index contributed by atoms with van der Waals surface area (Å²) in [6, 6.07) is 7.32. The molecule has 2 rings (SSSR count). The van der Waals surface area contributed by atoms with Crippen molar-refractivity contribution in [2.24, 2.45) is 0 Å². The molecule has 4 nitrogen and oxygen atoms in total. The molecule has 1 unspecified atom stereocenters. The fourth-order valence-corrected chi connectivity index (χ4v) is 2.63. The molecule has 100 valence electrons. The fraction of sp³-hybridized carbons (Fsp3) is 0.231. The van der Waals surface area contributed by atoms with Gasteiger partial charge in [0.15, 0.2) is 5.13 Å². The molecule has 0 radical (unpaired) electrons. The summed E-state index contributed by atoms with van der Waals surface area (Å²) in [4.78, 5) is 15.9. The van der Waals surface area contributed by atoms with Crippen molar-refractivity contribution in [1.82, 2.24) is 10.3 Å². The number of aromatic nitrogens is 1. The van der Waals surface area contributed by atoms with Gasteiger partial charge in [-0.2, -0.15) is 0 Å². The Bertz CT molecular complexity index is 585. The van der Waals surface area contributed by atoms with Crippen molar-refractivity contribution in [3.63, 3.8) is 0 Å². The number of halogens is 1. The van der Waals surface area contributed by atoms with Crippen LogP contribution in [-0.2, 0) is 11.2 Å². The van der Waals surface area contributed by atoms with Gasteiger partial charge < -0.3 is 11.1 Å². The average molecular weight is 296 g/mol. The Labute approximate surface area is 120 Å². The predicted octanol–water partition coefficient (Wildman–Crippen LogP) is 2.80. The third-order valence-corrected chi connectivity index (χ3v) is 3.73. The van der Waals surface area contributed by atoms with Crippen molar-refractivity contribution < 1.29 is 4.79 Å². The highest BCUT2D eigenvalue weighted by molar-refractivity contribution is 7.13. The van der Waals surface area contributed by atoms with Crippen LogP contribution in [-0.4, -0.2) is 10.9 Å². The van der Waals surface area contributed by atoms with Crippen LogP contribution in [0.5, 0.6) is 0 Å². The molecule has 1 heterocycles. The second-order valence-corrected chi connectivity index (χ2v) is 5.46. The Balaban J connectivity index is 1.97. The molecular formula is C13H14ClN3OS. The molecule has 1 atom stereocenters. The largest absolute Gasteiger partial charge is 0.375 e. The van der Waals surface area contributed by atoms with E-state index in [9.17, 15) is 4.79 Å². The molecular weight excluding hydrogens is 282 g/mol. The van der Waals surface area contributed by atoms with E-state index < -0.39 is 0 Å². The number of nitrogens with one attached hydrogen (secondary N) is 1. The van der Waals surface area contributed by atoms with Crippen molar-refractivity contribution in [3.05, 3.63) is 45.9 Å². The second-order valence-electron chi connectivity index (χ2n) is 4.16. The Kier molecular flexibility index (Phi) is 4.39. The van der Waals surface area contributed by atoms with Crippen LogP contribution in [0.3, 0.4) is 0 Å². The van der Waals surface area contributed by atoms with Crippen molar-refractivity contribution >= 4 is 34.0 Å². The van der Waals surface area contributed by atoms with E-state index >= 15 is 0 Å². The molecule has 0 spiro atoms. The molecule has 6 heteroatoms. The minimum Gasteiger partial charge on any atom is -0.375 e. The Hall–Kier alpha value is -1.59. The first-order valence-corrected chi connectivity index (χ1v) is 7.05. The molecule has 19 heavy (non-hydrogen) atoms. The number of nitrogen functional groups attached to an aromatic ring is 1. The van der Waals surface area contributed by atoms with E-state index in [4.69, 9.17) is 17.3 Å². The Morgan fingerprint density at radius 1 is 1.53 bits per heavy atom. The van der Waals surface area contributed by atoms with E-state index in [1.807, 2.05) is 25.1 Å². The molecule has 1 aromatic heterocycles. The van der Waals surface area contributed by atoms with Crippen LogP contribution >= 0.6 is 22.9 Å². The fourth-order valence-electron chi connectivity index (χ4n) is 1.76. The van der Waals surface area contributed by atoms with Crippen LogP contribution < -0.4 is 11.1 Å². The third-order valence-electron chi connectivity index (χ3n) is 2.66. The molecule has 2 aromatic rings. The summed E-state index contributed by atoms with van der Waals surface area (Å²) in [5, 5.41) is 5.80. The standard InChI is InChI=1S/C13H14ClN3OS/c1-8(10-4-2-3-5-11(10)14)16-12(18)6-9-7-19-13(15)17-9/h2-5,7-8H,6H2,1H3,(H2,15,17)(H,16,18). The second kappa shape index (κ2) is 6.04. The van der Waals surface area contributed by atoms with Crippen molar-refractivity contribution in [2.75, 3.05) is 5.73 Å². The Morgan fingerprint density at radius 3 is 2.89 bits per heavy atom. The van der Waals surface area contributed by atoms with Gasteiger partial charge in [-0.15, -0.1) is 11.3 Å². The summed E-state index contributed by atoms with van der Waals surface area (Å²) in [5.41, 5.74) is 7.11. The number of nitrogens with zero attached hydrogens (tertiary/aromatic N) is 1. The van der Waals surface area contributed by atoms with E-state index in [-0.39, 0.29) is 18.4 Å². The van der Waals surface area contributed by atoms with E-state index in [0.717, 1.165) is 5.56 Å². The lowest BCUT2D eigenvalue weighted by Gasteiger charge is -2.15. The minimum absolute atomic E-state index is 0.0993. The maximum atomic E-state index is 11.9. The topological polar surface area (TPSA) is 68.0 Å². The van der Waals surface area contributed by atoms with Gasteiger partial charge in [0.1, 0.15) is 0 Å². The summed E-state index contributed by atoms with van der Waals surface area (Å²) in [6.45, 7) is 1.90.